The lowest BCUT2D eigenvalue weighted by Crippen LogP contribution is -2.29. The Morgan fingerprint density at radius 2 is 1.59 bits per heavy atom. The number of benzene rings is 3. The van der Waals surface area contributed by atoms with Gasteiger partial charge in [-0.15, -0.1) is 0 Å². The third-order valence-electron chi connectivity index (χ3n) is 6.11. The van der Waals surface area contributed by atoms with E-state index in [4.69, 9.17) is 18.9 Å². The second-order valence-electron chi connectivity index (χ2n) is 7.98. The number of amides is 1. The molecule has 9 heteroatoms. The molecule has 4 rings (SSSR count). The lowest BCUT2D eigenvalue weighted by Gasteiger charge is -2.27. The molecule has 3 aromatic rings. The summed E-state index contributed by atoms with van der Waals surface area (Å²) in [6.45, 7) is 0. The van der Waals surface area contributed by atoms with Crippen LogP contribution in [0.4, 0.5) is 5.69 Å². The van der Waals surface area contributed by atoms with Crippen molar-refractivity contribution in [1.82, 2.24) is 0 Å². The van der Waals surface area contributed by atoms with Gasteiger partial charge in [-0.25, -0.2) is 0 Å². The number of ketones is 1. The molecule has 0 saturated carbocycles. The number of nitriles is 1. The van der Waals surface area contributed by atoms with Crippen molar-refractivity contribution in [2.45, 2.75) is 6.04 Å². The van der Waals surface area contributed by atoms with Crippen molar-refractivity contribution in [2.24, 2.45) is 0 Å². The first-order valence-electron chi connectivity index (χ1n) is 11.1. The molecule has 1 aliphatic rings. The molecule has 0 bridgehead atoms. The summed E-state index contributed by atoms with van der Waals surface area (Å²) in [6, 6.07) is 17.0. The normalized spacial score (nSPS) is 16.3. The number of nitrogens with zero attached hydrogens (tertiary/aromatic N) is 2. The number of para-hydroxylation sites is 1. The van der Waals surface area contributed by atoms with Crippen LogP contribution in [-0.2, 0) is 9.59 Å². The molecule has 1 heterocycles. The minimum Gasteiger partial charge on any atom is -0.507 e. The maximum absolute atomic E-state index is 13.5. The SMILES string of the molecule is COc1ccc(/C(O)=C2/C(=O)C(=O)N(c3ccc(C#N)cc3)C2c2cccc(OC)c2OC)c(OC)c1. The Kier molecular flexibility index (Phi) is 7.02. The Bertz CT molecular complexity index is 1440. The first kappa shape index (κ1) is 25.1. The van der Waals surface area contributed by atoms with Gasteiger partial charge >= 0.3 is 0 Å². The van der Waals surface area contributed by atoms with Gasteiger partial charge in [-0.3, -0.25) is 14.5 Å². The molecule has 1 N–H and O–H groups in total. The van der Waals surface area contributed by atoms with Crippen molar-refractivity contribution < 1.29 is 33.6 Å². The molecule has 1 amide bonds. The largest absolute Gasteiger partial charge is 0.507 e. The smallest absolute Gasteiger partial charge is 0.300 e. The Morgan fingerprint density at radius 3 is 2.19 bits per heavy atom. The van der Waals surface area contributed by atoms with Crippen LogP contribution in [-0.4, -0.2) is 45.2 Å². The predicted molar refractivity (Wildman–Crippen MR) is 135 cm³/mol. The van der Waals surface area contributed by atoms with E-state index in [1.165, 1.54) is 33.3 Å². The van der Waals surface area contributed by atoms with Crippen LogP contribution in [0.25, 0.3) is 5.76 Å². The van der Waals surface area contributed by atoms with E-state index in [9.17, 15) is 20.0 Å². The van der Waals surface area contributed by atoms with Crippen molar-refractivity contribution >= 4 is 23.1 Å². The van der Waals surface area contributed by atoms with E-state index >= 15 is 0 Å². The topological polar surface area (TPSA) is 118 Å². The molecule has 1 unspecified atom stereocenters. The predicted octanol–water partition coefficient (Wildman–Crippen LogP) is 4.22. The molecule has 3 aromatic carbocycles. The van der Waals surface area contributed by atoms with E-state index in [2.05, 4.69) is 0 Å². The van der Waals surface area contributed by atoms with Gasteiger partial charge in [0, 0.05) is 17.3 Å². The van der Waals surface area contributed by atoms with Crippen molar-refractivity contribution in [3.8, 4) is 29.1 Å². The number of carbonyl (C=O) groups is 2. The monoisotopic (exact) mass is 500 g/mol. The van der Waals surface area contributed by atoms with Crippen LogP contribution in [0, 0.1) is 11.3 Å². The fraction of sp³-hybridized carbons (Fsp3) is 0.179. The van der Waals surface area contributed by atoms with E-state index in [0.717, 1.165) is 0 Å². The van der Waals surface area contributed by atoms with Crippen molar-refractivity contribution in [3.63, 3.8) is 0 Å². The zero-order valence-corrected chi connectivity index (χ0v) is 20.6. The summed E-state index contributed by atoms with van der Waals surface area (Å²) >= 11 is 0. The first-order chi connectivity index (χ1) is 17.9. The number of methoxy groups -OCH3 is 4. The number of aliphatic hydroxyl groups is 1. The summed E-state index contributed by atoms with van der Waals surface area (Å²) in [5.41, 5.74) is 1.20. The fourth-order valence-electron chi connectivity index (χ4n) is 4.36. The Labute approximate surface area is 213 Å². The zero-order valence-electron chi connectivity index (χ0n) is 20.6. The maximum Gasteiger partial charge on any atom is 0.300 e. The van der Waals surface area contributed by atoms with Crippen LogP contribution in [0.15, 0.2) is 66.2 Å². The average molecular weight is 501 g/mol. The molecule has 0 spiro atoms. The number of Topliss-reactive ketones (excluding diaryl/α,β-unsaturated/α-hetero) is 1. The molecule has 0 aliphatic carbocycles. The summed E-state index contributed by atoms with van der Waals surface area (Å²) in [7, 11) is 5.83. The van der Waals surface area contributed by atoms with Gasteiger partial charge in [-0.05, 0) is 42.5 Å². The minimum absolute atomic E-state index is 0.163. The number of aliphatic hydroxyl groups excluding tert-OH is 1. The molecular formula is C28H24N2O7. The van der Waals surface area contributed by atoms with Gasteiger partial charge in [-0.1, -0.05) is 12.1 Å². The van der Waals surface area contributed by atoms with E-state index in [1.54, 1.807) is 60.7 Å². The number of hydrogen-bond donors (Lipinski definition) is 1. The average Bonchev–Trinajstić information content (AvgIpc) is 3.21. The van der Waals surface area contributed by atoms with Crippen molar-refractivity contribution in [1.29, 1.82) is 5.26 Å². The number of carbonyl (C=O) groups excluding carboxylic acids is 2. The lowest BCUT2D eigenvalue weighted by molar-refractivity contribution is -0.132. The van der Waals surface area contributed by atoms with Crippen LogP contribution < -0.4 is 23.8 Å². The third kappa shape index (κ3) is 4.29. The van der Waals surface area contributed by atoms with E-state index in [1.807, 2.05) is 6.07 Å². The standard InChI is InChI=1S/C28H24N2O7/c1-34-18-12-13-19(22(14-18)36-3)25(31)23-24(20-6-5-7-21(35-2)27(20)37-4)30(28(33)26(23)32)17-10-8-16(15-29)9-11-17/h5-14,24,31H,1-4H3/b25-23-. The van der Waals surface area contributed by atoms with Crippen molar-refractivity contribution in [2.75, 3.05) is 33.3 Å². The quantitative estimate of drug-likeness (QED) is 0.291. The number of rotatable bonds is 7. The highest BCUT2D eigenvalue weighted by Crippen LogP contribution is 2.48. The second kappa shape index (κ2) is 10.3. The first-order valence-corrected chi connectivity index (χ1v) is 11.1. The third-order valence-corrected chi connectivity index (χ3v) is 6.11. The highest BCUT2D eigenvalue weighted by atomic mass is 16.5. The summed E-state index contributed by atoms with van der Waals surface area (Å²) < 4.78 is 21.7. The molecule has 0 aromatic heterocycles. The Balaban J connectivity index is 2.03. The Morgan fingerprint density at radius 1 is 0.892 bits per heavy atom. The summed E-state index contributed by atoms with van der Waals surface area (Å²) in [6.07, 6.45) is 0. The van der Waals surface area contributed by atoms with E-state index in [0.29, 0.717) is 34.1 Å². The van der Waals surface area contributed by atoms with Gasteiger partial charge in [0.25, 0.3) is 11.7 Å². The second-order valence-corrected chi connectivity index (χ2v) is 7.98. The minimum atomic E-state index is -1.08. The van der Waals surface area contributed by atoms with E-state index in [-0.39, 0.29) is 16.9 Å². The highest BCUT2D eigenvalue weighted by Gasteiger charge is 2.48. The molecule has 1 saturated heterocycles. The number of hydrogen-bond acceptors (Lipinski definition) is 8. The van der Waals surface area contributed by atoms with Crippen LogP contribution in [0.2, 0.25) is 0 Å². The molecule has 1 aliphatic heterocycles. The van der Waals surface area contributed by atoms with Gasteiger partial charge in [0.15, 0.2) is 11.5 Å². The van der Waals surface area contributed by atoms with E-state index < -0.39 is 23.5 Å². The zero-order chi connectivity index (χ0) is 26.7. The molecule has 9 nitrogen and oxygen atoms in total. The number of ether oxygens (including phenoxy) is 4. The lowest BCUT2D eigenvalue weighted by atomic mass is 9.93. The van der Waals surface area contributed by atoms with Crippen molar-refractivity contribution in [3.05, 3.63) is 82.9 Å². The molecule has 37 heavy (non-hydrogen) atoms. The van der Waals surface area contributed by atoms with Gasteiger partial charge in [0.05, 0.1) is 57.3 Å². The highest BCUT2D eigenvalue weighted by molar-refractivity contribution is 6.51. The van der Waals surface area contributed by atoms with Crippen LogP contribution in [0.3, 0.4) is 0 Å². The van der Waals surface area contributed by atoms with Crippen LogP contribution >= 0.6 is 0 Å². The molecule has 0 radical (unpaired) electrons. The molecule has 1 atom stereocenters. The maximum atomic E-state index is 13.5. The summed E-state index contributed by atoms with van der Waals surface area (Å²) in [5, 5.41) is 20.7. The van der Waals surface area contributed by atoms with Crippen LogP contribution in [0.1, 0.15) is 22.7 Å². The summed E-state index contributed by atoms with van der Waals surface area (Å²) in [4.78, 5) is 28.2. The molecule has 1 fully saturated rings. The van der Waals surface area contributed by atoms with Gasteiger partial charge < -0.3 is 24.1 Å². The van der Waals surface area contributed by atoms with Gasteiger partial charge in [-0.2, -0.15) is 5.26 Å². The summed E-state index contributed by atoms with van der Waals surface area (Å²) in [5.74, 6) is -0.766. The fourth-order valence-corrected chi connectivity index (χ4v) is 4.36. The Hall–Kier alpha value is -4.97. The van der Waals surface area contributed by atoms with Gasteiger partial charge in [0.2, 0.25) is 0 Å². The number of anilines is 1. The van der Waals surface area contributed by atoms with Gasteiger partial charge in [0.1, 0.15) is 17.3 Å². The molecule has 188 valence electrons. The van der Waals surface area contributed by atoms with Crippen LogP contribution in [0.5, 0.6) is 23.0 Å². The molecular weight excluding hydrogens is 476 g/mol.